The van der Waals surface area contributed by atoms with Crippen molar-refractivity contribution >= 4 is 17.6 Å². The molecule has 1 heterocycles. The van der Waals surface area contributed by atoms with Gasteiger partial charge < -0.3 is 10.2 Å². The first-order valence-electron chi connectivity index (χ1n) is 5.16. The quantitative estimate of drug-likeness (QED) is 0.776. The van der Waals surface area contributed by atoms with Gasteiger partial charge in [-0.05, 0) is 31.5 Å². The van der Waals surface area contributed by atoms with E-state index in [1.807, 2.05) is 6.92 Å². The van der Waals surface area contributed by atoms with E-state index < -0.39 is 0 Å². The smallest absolute Gasteiger partial charge is 0.301 e. The summed E-state index contributed by atoms with van der Waals surface area (Å²) < 4.78 is 5.04. The predicted molar refractivity (Wildman–Crippen MR) is 64.8 cm³/mol. The van der Waals surface area contributed by atoms with E-state index in [1.54, 1.807) is 25.1 Å². The summed E-state index contributed by atoms with van der Waals surface area (Å²) in [5.41, 5.74) is 8.45. The van der Waals surface area contributed by atoms with Crippen molar-refractivity contribution in [3.05, 3.63) is 41.3 Å². The molecule has 0 atom stereocenters. The molecule has 1 aromatic heterocycles. The van der Waals surface area contributed by atoms with Crippen LogP contribution in [0.5, 0.6) is 0 Å². The number of hydrogen-bond acceptors (Lipinski definition) is 4. The summed E-state index contributed by atoms with van der Waals surface area (Å²) in [7, 11) is 0. The molecule has 5 nitrogen and oxygen atoms in total. The van der Waals surface area contributed by atoms with Crippen molar-refractivity contribution in [2.24, 2.45) is 0 Å². The van der Waals surface area contributed by atoms with E-state index in [9.17, 15) is 4.79 Å². The summed E-state index contributed by atoms with van der Waals surface area (Å²) >= 11 is 0. The van der Waals surface area contributed by atoms with E-state index in [4.69, 9.17) is 10.2 Å². The largest absolute Gasteiger partial charge is 0.432 e. The van der Waals surface area contributed by atoms with E-state index in [0.29, 0.717) is 16.9 Å². The van der Waals surface area contributed by atoms with Crippen molar-refractivity contribution in [2.75, 3.05) is 11.1 Å². The highest BCUT2D eigenvalue weighted by Crippen LogP contribution is 2.14. The van der Waals surface area contributed by atoms with Crippen LogP contribution in [0.15, 0.2) is 28.9 Å². The second-order valence-corrected chi connectivity index (χ2v) is 3.82. The molecule has 5 heteroatoms. The van der Waals surface area contributed by atoms with Crippen LogP contribution < -0.4 is 11.1 Å². The number of nitrogen functional groups attached to an aromatic ring is 1. The van der Waals surface area contributed by atoms with Gasteiger partial charge in [0.05, 0.1) is 5.69 Å². The Balaban J connectivity index is 2.17. The average molecular weight is 231 g/mol. The normalized spacial score (nSPS) is 10.2. The van der Waals surface area contributed by atoms with E-state index in [0.717, 1.165) is 5.56 Å². The fourth-order valence-electron chi connectivity index (χ4n) is 1.36. The Bertz CT molecular complexity index is 561. The lowest BCUT2D eigenvalue weighted by molar-refractivity contribution is 0.102. The molecule has 0 aliphatic carbocycles. The summed E-state index contributed by atoms with van der Waals surface area (Å²) in [6.07, 6.45) is 1.47. The predicted octanol–water partition coefficient (Wildman–Crippen LogP) is 2.13. The van der Waals surface area contributed by atoms with E-state index in [1.165, 1.54) is 6.26 Å². The number of carbonyl (C=O) groups is 1. The number of aryl methyl sites for hydroxylation is 2. The van der Waals surface area contributed by atoms with Crippen molar-refractivity contribution < 1.29 is 9.21 Å². The first-order valence-corrected chi connectivity index (χ1v) is 5.16. The van der Waals surface area contributed by atoms with E-state index in [2.05, 4.69) is 10.3 Å². The van der Waals surface area contributed by atoms with E-state index >= 15 is 0 Å². The van der Waals surface area contributed by atoms with Gasteiger partial charge in [-0.15, -0.1) is 0 Å². The zero-order valence-electron chi connectivity index (χ0n) is 9.65. The molecule has 0 bridgehead atoms. The van der Waals surface area contributed by atoms with Gasteiger partial charge in [-0.1, -0.05) is 6.07 Å². The number of carbonyl (C=O) groups excluding carboxylic acids is 1. The highest BCUT2D eigenvalue weighted by molar-refractivity contribution is 6.03. The number of oxazole rings is 1. The van der Waals surface area contributed by atoms with Gasteiger partial charge in [0, 0.05) is 11.3 Å². The fourth-order valence-corrected chi connectivity index (χ4v) is 1.36. The number of anilines is 2. The number of aromatic nitrogens is 1. The summed E-state index contributed by atoms with van der Waals surface area (Å²) in [5, 5.41) is 2.55. The van der Waals surface area contributed by atoms with Crippen LogP contribution in [0.25, 0.3) is 0 Å². The standard InChI is InChI=1S/C12H13N3O2/c1-7-3-4-9(5-10(7)13)11(16)15-12-14-8(2)6-17-12/h3-6H,13H2,1-2H3,(H,14,15,16). The summed E-state index contributed by atoms with van der Waals surface area (Å²) in [6.45, 7) is 3.66. The number of hydrogen-bond donors (Lipinski definition) is 2. The maximum atomic E-state index is 11.8. The molecule has 0 radical (unpaired) electrons. The molecule has 0 spiro atoms. The molecule has 0 aliphatic heterocycles. The van der Waals surface area contributed by atoms with Gasteiger partial charge in [0.25, 0.3) is 5.91 Å². The van der Waals surface area contributed by atoms with Crippen molar-refractivity contribution in [3.63, 3.8) is 0 Å². The molecule has 1 amide bonds. The van der Waals surface area contributed by atoms with Crippen LogP contribution in [0, 0.1) is 13.8 Å². The van der Waals surface area contributed by atoms with Crippen LogP contribution >= 0.6 is 0 Å². The molecule has 0 fully saturated rings. The van der Waals surface area contributed by atoms with Gasteiger partial charge in [0.1, 0.15) is 6.26 Å². The van der Waals surface area contributed by atoms with Crippen molar-refractivity contribution in [1.82, 2.24) is 4.98 Å². The fraction of sp³-hybridized carbons (Fsp3) is 0.167. The molecule has 1 aromatic carbocycles. The minimum Gasteiger partial charge on any atom is -0.432 e. The van der Waals surface area contributed by atoms with Crippen molar-refractivity contribution in [3.8, 4) is 0 Å². The second kappa shape index (κ2) is 4.29. The van der Waals surface area contributed by atoms with Crippen LogP contribution in [-0.4, -0.2) is 10.9 Å². The maximum Gasteiger partial charge on any atom is 0.301 e. The number of nitrogens with one attached hydrogen (secondary N) is 1. The van der Waals surface area contributed by atoms with Gasteiger partial charge in [0.2, 0.25) is 0 Å². The second-order valence-electron chi connectivity index (χ2n) is 3.82. The molecule has 88 valence electrons. The molecule has 0 unspecified atom stereocenters. The van der Waals surface area contributed by atoms with E-state index in [-0.39, 0.29) is 11.9 Å². The van der Waals surface area contributed by atoms with Gasteiger partial charge in [-0.2, -0.15) is 4.98 Å². The molecule has 2 rings (SSSR count). The van der Waals surface area contributed by atoms with Gasteiger partial charge in [-0.3, -0.25) is 10.1 Å². The van der Waals surface area contributed by atoms with Crippen LogP contribution in [0.2, 0.25) is 0 Å². The molecular weight excluding hydrogens is 218 g/mol. The van der Waals surface area contributed by atoms with Crippen LogP contribution in [0.1, 0.15) is 21.6 Å². The van der Waals surface area contributed by atoms with Crippen LogP contribution in [0.3, 0.4) is 0 Å². The SMILES string of the molecule is Cc1coc(NC(=O)c2ccc(C)c(N)c2)n1. The molecular formula is C12H13N3O2. The van der Waals surface area contributed by atoms with Gasteiger partial charge in [-0.25, -0.2) is 0 Å². The summed E-state index contributed by atoms with van der Waals surface area (Å²) in [6, 6.07) is 5.31. The lowest BCUT2D eigenvalue weighted by Gasteiger charge is -2.04. The zero-order valence-corrected chi connectivity index (χ0v) is 9.65. The Morgan fingerprint density at radius 3 is 2.76 bits per heavy atom. The van der Waals surface area contributed by atoms with Crippen molar-refractivity contribution in [2.45, 2.75) is 13.8 Å². The first-order chi connectivity index (χ1) is 8.06. The third kappa shape index (κ3) is 2.44. The van der Waals surface area contributed by atoms with Gasteiger partial charge >= 0.3 is 6.01 Å². The Hall–Kier alpha value is -2.30. The minimum absolute atomic E-state index is 0.187. The lowest BCUT2D eigenvalue weighted by Crippen LogP contribution is -2.12. The third-order valence-corrected chi connectivity index (χ3v) is 2.38. The average Bonchev–Trinajstić information content (AvgIpc) is 2.68. The highest BCUT2D eigenvalue weighted by atomic mass is 16.4. The Labute approximate surface area is 98.6 Å². The third-order valence-electron chi connectivity index (χ3n) is 2.38. The minimum atomic E-state index is -0.293. The monoisotopic (exact) mass is 231 g/mol. The molecule has 0 aliphatic rings. The molecule has 3 N–H and O–H groups in total. The Morgan fingerprint density at radius 2 is 2.18 bits per heavy atom. The summed E-state index contributed by atoms with van der Waals surface area (Å²) in [4.78, 5) is 15.8. The summed E-state index contributed by atoms with van der Waals surface area (Å²) in [5.74, 6) is -0.293. The number of nitrogens with two attached hydrogens (primary N) is 1. The topological polar surface area (TPSA) is 81.2 Å². The van der Waals surface area contributed by atoms with Crippen LogP contribution in [0.4, 0.5) is 11.7 Å². The highest BCUT2D eigenvalue weighted by Gasteiger charge is 2.10. The molecule has 0 saturated heterocycles. The zero-order chi connectivity index (χ0) is 12.4. The lowest BCUT2D eigenvalue weighted by atomic mass is 10.1. The Morgan fingerprint density at radius 1 is 1.41 bits per heavy atom. The molecule has 0 saturated carbocycles. The molecule has 17 heavy (non-hydrogen) atoms. The maximum absolute atomic E-state index is 11.8. The number of rotatable bonds is 2. The molecule has 2 aromatic rings. The number of benzene rings is 1. The first kappa shape index (κ1) is 11.2. The Kier molecular flexibility index (Phi) is 2.82. The number of nitrogens with zero attached hydrogens (tertiary/aromatic N) is 1. The van der Waals surface area contributed by atoms with Crippen LogP contribution in [-0.2, 0) is 0 Å². The van der Waals surface area contributed by atoms with Crippen molar-refractivity contribution in [1.29, 1.82) is 0 Å². The van der Waals surface area contributed by atoms with Gasteiger partial charge in [0.15, 0.2) is 0 Å². The number of amides is 1.